The Labute approximate surface area is 247 Å². The van der Waals surface area contributed by atoms with E-state index in [1.165, 1.54) is 24.3 Å². The fraction of sp³-hybridized carbons (Fsp3) is 0.100. The molecular formula is C30H21Cl2F3N4O3. The number of rotatable bonds is 8. The maximum absolute atomic E-state index is 13.0. The van der Waals surface area contributed by atoms with Crippen LogP contribution in [0.5, 0.6) is 11.5 Å². The Morgan fingerprint density at radius 2 is 1.64 bits per heavy atom. The van der Waals surface area contributed by atoms with Gasteiger partial charge in [0.05, 0.1) is 16.6 Å². The van der Waals surface area contributed by atoms with Crippen molar-refractivity contribution in [1.82, 2.24) is 14.9 Å². The van der Waals surface area contributed by atoms with Crippen LogP contribution in [0.15, 0.2) is 84.9 Å². The van der Waals surface area contributed by atoms with Gasteiger partial charge in [0.25, 0.3) is 5.91 Å². The van der Waals surface area contributed by atoms with Crippen molar-refractivity contribution in [2.75, 3.05) is 0 Å². The Morgan fingerprint density at radius 1 is 0.905 bits per heavy atom. The average molecular weight is 613 g/mol. The van der Waals surface area contributed by atoms with Gasteiger partial charge in [0, 0.05) is 27.7 Å². The van der Waals surface area contributed by atoms with Crippen molar-refractivity contribution in [3.8, 4) is 22.9 Å². The number of imidazole rings is 1. The highest BCUT2D eigenvalue weighted by molar-refractivity contribution is 6.34. The first-order chi connectivity index (χ1) is 20.0. The molecule has 5 rings (SSSR count). The smallest absolute Gasteiger partial charge is 0.416 e. The summed E-state index contributed by atoms with van der Waals surface area (Å²) in [6.07, 6.45) is -4.48. The van der Waals surface area contributed by atoms with E-state index < -0.39 is 23.6 Å². The van der Waals surface area contributed by atoms with Crippen LogP contribution >= 0.6 is 23.2 Å². The second-order valence-electron chi connectivity index (χ2n) is 9.31. The van der Waals surface area contributed by atoms with Gasteiger partial charge in [-0.05, 0) is 66.2 Å². The predicted octanol–water partition coefficient (Wildman–Crippen LogP) is 7.24. The first-order valence-corrected chi connectivity index (χ1v) is 13.2. The molecule has 0 fully saturated rings. The highest BCUT2D eigenvalue weighted by atomic mass is 35.5. The molecule has 0 atom stereocenters. The van der Waals surface area contributed by atoms with Gasteiger partial charge in [-0.1, -0.05) is 47.5 Å². The number of amides is 2. The maximum atomic E-state index is 13.0. The molecule has 0 aliphatic heterocycles. The quantitative estimate of drug-likeness (QED) is 0.193. The Bertz CT molecular complexity index is 1800. The van der Waals surface area contributed by atoms with Gasteiger partial charge in [-0.15, -0.1) is 0 Å². The summed E-state index contributed by atoms with van der Waals surface area (Å²) in [5.74, 6) is 0.185. The number of primary amides is 1. The van der Waals surface area contributed by atoms with Crippen molar-refractivity contribution in [3.05, 3.63) is 112 Å². The Morgan fingerprint density at radius 3 is 2.36 bits per heavy atom. The Hall–Kier alpha value is -4.54. The molecule has 2 amide bonds. The van der Waals surface area contributed by atoms with Gasteiger partial charge in [0.1, 0.15) is 23.9 Å². The van der Waals surface area contributed by atoms with Crippen LogP contribution in [0.1, 0.15) is 21.5 Å². The number of ether oxygens (including phenoxy) is 1. The van der Waals surface area contributed by atoms with Crippen LogP contribution in [0, 0.1) is 0 Å². The molecule has 12 heteroatoms. The summed E-state index contributed by atoms with van der Waals surface area (Å²) in [6.45, 7) is -0.283. The van der Waals surface area contributed by atoms with Gasteiger partial charge in [-0.25, -0.2) is 4.98 Å². The van der Waals surface area contributed by atoms with Crippen LogP contribution in [0.4, 0.5) is 13.2 Å². The molecule has 0 aliphatic carbocycles. The molecule has 214 valence electrons. The maximum Gasteiger partial charge on any atom is 0.416 e. The molecule has 42 heavy (non-hydrogen) atoms. The molecule has 0 radical (unpaired) electrons. The SMILES string of the molecule is NC(=O)Cn1c(-c2cccc(Oc3cc(Cl)cc(Cl)c3)c2)nc2cc(C(=O)NCc3cccc(C(F)(F)F)c3)ccc21. The third-order valence-corrected chi connectivity index (χ3v) is 6.63. The van der Waals surface area contributed by atoms with E-state index in [1.807, 2.05) is 0 Å². The molecule has 3 N–H and O–H groups in total. The summed E-state index contributed by atoms with van der Waals surface area (Å²) in [7, 11) is 0. The van der Waals surface area contributed by atoms with E-state index >= 15 is 0 Å². The van der Waals surface area contributed by atoms with E-state index in [2.05, 4.69) is 10.3 Å². The minimum Gasteiger partial charge on any atom is -0.457 e. The van der Waals surface area contributed by atoms with Crippen molar-refractivity contribution < 1.29 is 27.5 Å². The number of benzene rings is 4. The zero-order valence-electron chi connectivity index (χ0n) is 21.6. The summed E-state index contributed by atoms with van der Waals surface area (Å²) in [5, 5.41) is 3.45. The fourth-order valence-electron chi connectivity index (χ4n) is 4.37. The van der Waals surface area contributed by atoms with Gasteiger partial charge in [-0.3, -0.25) is 9.59 Å². The lowest BCUT2D eigenvalue weighted by atomic mass is 10.1. The van der Waals surface area contributed by atoms with Crippen LogP contribution < -0.4 is 15.8 Å². The number of carbonyl (C=O) groups is 2. The van der Waals surface area contributed by atoms with Crippen molar-refractivity contribution in [1.29, 1.82) is 0 Å². The summed E-state index contributed by atoms with van der Waals surface area (Å²) < 4.78 is 46.6. The molecule has 5 aromatic rings. The zero-order valence-corrected chi connectivity index (χ0v) is 23.1. The topological polar surface area (TPSA) is 99.2 Å². The molecule has 0 aliphatic rings. The van der Waals surface area contributed by atoms with Crippen LogP contribution in [-0.2, 0) is 24.1 Å². The minimum atomic E-state index is -4.48. The first kappa shape index (κ1) is 29.0. The molecule has 0 spiro atoms. The van der Waals surface area contributed by atoms with E-state index in [-0.39, 0.29) is 18.7 Å². The summed E-state index contributed by atoms with van der Waals surface area (Å²) in [4.78, 5) is 29.5. The first-order valence-electron chi connectivity index (χ1n) is 12.4. The summed E-state index contributed by atoms with van der Waals surface area (Å²) in [5.41, 5.74) is 6.82. The van der Waals surface area contributed by atoms with Crippen molar-refractivity contribution in [2.24, 2.45) is 5.73 Å². The van der Waals surface area contributed by atoms with E-state index in [1.54, 1.807) is 53.1 Å². The van der Waals surface area contributed by atoms with Gasteiger partial charge < -0.3 is 20.4 Å². The van der Waals surface area contributed by atoms with Gasteiger partial charge in [0.15, 0.2) is 0 Å². The van der Waals surface area contributed by atoms with E-state index in [0.717, 1.165) is 12.1 Å². The second-order valence-corrected chi connectivity index (χ2v) is 10.2. The number of fused-ring (bicyclic) bond motifs is 1. The highest BCUT2D eigenvalue weighted by Gasteiger charge is 2.30. The van der Waals surface area contributed by atoms with Crippen LogP contribution in [0.2, 0.25) is 10.0 Å². The lowest BCUT2D eigenvalue weighted by molar-refractivity contribution is -0.137. The van der Waals surface area contributed by atoms with E-state index in [0.29, 0.717) is 49.5 Å². The van der Waals surface area contributed by atoms with Crippen molar-refractivity contribution in [3.63, 3.8) is 0 Å². The third kappa shape index (κ3) is 6.67. The molecule has 0 bridgehead atoms. The zero-order chi connectivity index (χ0) is 30.0. The van der Waals surface area contributed by atoms with E-state index in [9.17, 15) is 22.8 Å². The molecule has 7 nitrogen and oxygen atoms in total. The largest absolute Gasteiger partial charge is 0.457 e. The lowest BCUT2D eigenvalue weighted by Crippen LogP contribution is -2.23. The number of nitrogens with one attached hydrogen (secondary N) is 1. The highest BCUT2D eigenvalue weighted by Crippen LogP contribution is 2.32. The Kier molecular flexibility index (Phi) is 8.11. The number of alkyl halides is 3. The molecule has 0 saturated carbocycles. The number of hydrogen-bond acceptors (Lipinski definition) is 4. The predicted molar refractivity (Wildman–Crippen MR) is 154 cm³/mol. The van der Waals surface area contributed by atoms with Gasteiger partial charge >= 0.3 is 6.18 Å². The van der Waals surface area contributed by atoms with Gasteiger partial charge in [-0.2, -0.15) is 13.2 Å². The van der Waals surface area contributed by atoms with Gasteiger partial charge in [0.2, 0.25) is 5.91 Å². The van der Waals surface area contributed by atoms with Crippen LogP contribution in [-0.4, -0.2) is 21.4 Å². The fourth-order valence-corrected chi connectivity index (χ4v) is 4.88. The van der Waals surface area contributed by atoms with Crippen molar-refractivity contribution in [2.45, 2.75) is 19.3 Å². The number of halogens is 5. The summed E-state index contributed by atoms with van der Waals surface area (Å²) in [6, 6.07) is 21.2. The monoisotopic (exact) mass is 612 g/mol. The molecule has 1 aromatic heterocycles. The molecule has 0 saturated heterocycles. The summed E-state index contributed by atoms with van der Waals surface area (Å²) >= 11 is 12.2. The molecule has 0 unspecified atom stereocenters. The minimum absolute atomic E-state index is 0.104. The number of nitrogens with zero attached hydrogens (tertiary/aromatic N) is 2. The third-order valence-electron chi connectivity index (χ3n) is 6.20. The molecule has 4 aromatic carbocycles. The second kappa shape index (κ2) is 11.8. The van der Waals surface area contributed by atoms with Crippen LogP contribution in [0.25, 0.3) is 22.4 Å². The van der Waals surface area contributed by atoms with Crippen LogP contribution in [0.3, 0.4) is 0 Å². The van der Waals surface area contributed by atoms with E-state index in [4.69, 9.17) is 33.7 Å². The number of carbonyl (C=O) groups excluding carboxylic acids is 2. The van der Waals surface area contributed by atoms with Crippen molar-refractivity contribution >= 4 is 46.0 Å². The molecular weight excluding hydrogens is 592 g/mol. The number of nitrogens with two attached hydrogens (primary N) is 1. The number of hydrogen-bond donors (Lipinski definition) is 2. The normalized spacial score (nSPS) is 11.5. The Balaban J connectivity index is 1.43. The standard InChI is InChI=1S/C30H21Cl2F3N4O3/c31-21-12-22(32)14-24(13-21)42-23-6-2-4-18(10-23)28-38-25-11-19(7-8-26(25)39(28)16-27(36)40)29(41)37-15-17-3-1-5-20(9-17)30(33,34)35/h1-14H,15-16H2,(H2,36,40)(H,37,41). The molecule has 1 heterocycles. The number of aromatic nitrogens is 2. The lowest BCUT2D eigenvalue weighted by Gasteiger charge is -2.10. The average Bonchev–Trinajstić information content (AvgIpc) is 3.28.